The van der Waals surface area contributed by atoms with Crippen LogP contribution in [0, 0.1) is 0 Å². The molecular weight excluding hydrogens is 424 g/mol. The molecule has 164 valence electrons. The number of ether oxygens (including phenoxy) is 2. The number of nitrogens with zero attached hydrogens (tertiary/aromatic N) is 1. The molecule has 32 heavy (non-hydrogen) atoms. The Morgan fingerprint density at radius 3 is 2.62 bits per heavy atom. The van der Waals surface area contributed by atoms with E-state index >= 15 is 0 Å². The number of rotatable bonds is 5. The van der Waals surface area contributed by atoms with Crippen molar-refractivity contribution in [1.29, 1.82) is 0 Å². The van der Waals surface area contributed by atoms with Crippen LogP contribution in [0.15, 0.2) is 53.9 Å². The summed E-state index contributed by atoms with van der Waals surface area (Å²) in [5.74, 6) is 0.614. The van der Waals surface area contributed by atoms with Gasteiger partial charge in [0, 0.05) is 17.0 Å². The van der Waals surface area contributed by atoms with Crippen LogP contribution in [0.25, 0.3) is 0 Å². The zero-order valence-electron chi connectivity index (χ0n) is 18.0. The van der Waals surface area contributed by atoms with Crippen molar-refractivity contribution in [2.24, 2.45) is 0 Å². The summed E-state index contributed by atoms with van der Waals surface area (Å²) in [5.41, 5.74) is 3.38. The van der Waals surface area contributed by atoms with E-state index in [-0.39, 0.29) is 11.8 Å². The second kappa shape index (κ2) is 8.31. The van der Waals surface area contributed by atoms with E-state index in [1.807, 2.05) is 58.8 Å². The third-order valence-corrected chi connectivity index (χ3v) is 7.20. The molecule has 0 saturated heterocycles. The normalized spacial score (nSPS) is 18.9. The van der Waals surface area contributed by atoms with Crippen molar-refractivity contribution in [1.82, 2.24) is 10.2 Å². The third-order valence-electron chi connectivity index (χ3n) is 6.32. The number of carbonyl (C=O) groups is 2. The first kappa shape index (κ1) is 20.6. The molecule has 0 radical (unpaired) electrons. The van der Waals surface area contributed by atoms with Crippen LogP contribution >= 0.6 is 11.3 Å². The fourth-order valence-electron chi connectivity index (χ4n) is 4.83. The van der Waals surface area contributed by atoms with Gasteiger partial charge in [-0.05, 0) is 52.8 Å². The van der Waals surface area contributed by atoms with Crippen LogP contribution < -0.4 is 14.8 Å². The number of fused-ring (bicyclic) bond motifs is 4. The van der Waals surface area contributed by atoms with Crippen molar-refractivity contribution in [3.05, 3.63) is 81.0 Å². The molecule has 7 heteroatoms. The van der Waals surface area contributed by atoms with E-state index in [0.717, 1.165) is 21.6 Å². The van der Waals surface area contributed by atoms with Gasteiger partial charge in [-0.1, -0.05) is 24.3 Å². The lowest BCUT2D eigenvalue weighted by Gasteiger charge is -2.45. The average molecular weight is 449 g/mol. The van der Waals surface area contributed by atoms with Gasteiger partial charge in [-0.15, -0.1) is 11.3 Å². The minimum absolute atomic E-state index is 0.0339. The van der Waals surface area contributed by atoms with Crippen LogP contribution in [0.2, 0.25) is 0 Å². The van der Waals surface area contributed by atoms with E-state index in [1.54, 1.807) is 25.6 Å². The number of carbonyl (C=O) groups excluding carboxylic acids is 2. The molecule has 2 atom stereocenters. The maximum Gasteiger partial charge on any atom is 0.254 e. The second-order valence-electron chi connectivity index (χ2n) is 7.96. The first-order chi connectivity index (χ1) is 15.6. The topological polar surface area (TPSA) is 67.9 Å². The molecule has 0 fully saturated rings. The predicted octanol–water partition coefficient (Wildman–Crippen LogP) is 3.92. The monoisotopic (exact) mass is 448 g/mol. The number of hydrogen-bond donors (Lipinski definition) is 1. The predicted molar refractivity (Wildman–Crippen MR) is 122 cm³/mol. The van der Waals surface area contributed by atoms with Crippen LogP contribution in [0.3, 0.4) is 0 Å². The molecular formula is C25H24N2O4S. The number of hydrogen-bond acceptors (Lipinski definition) is 5. The number of methoxy groups -OCH3 is 2. The van der Waals surface area contributed by atoms with Crippen molar-refractivity contribution >= 4 is 23.2 Å². The molecule has 2 aliphatic heterocycles. The molecule has 5 rings (SSSR count). The van der Waals surface area contributed by atoms with Crippen LogP contribution in [0.5, 0.6) is 11.5 Å². The molecule has 6 nitrogen and oxygen atoms in total. The SMILES string of the molecule is COc1cc2c(cc1OC)C1C(C(=O)NCc3cccs3)c3ccccc3C(=O)N1CC2. The van der Waals surface area contributed by atoms with Crippen molar-refractivity contribution in [3.63, 3.8) is 0 Å². The summed E-state index contributed by atoms with van der Waals surface area (Å²) in [6.45, 7) is 1.02. The molecule has 2 amide bonds. The smallest absolute Gasteiger partial charge is 0.254 e. The first-order valence-corrected chi connectivity index (χ1v) is 11.4. The fraction of sp³-hybridized carbons (Fsp3) is 0.280. The highest BCUT2D eigenvalue weighted by Crippen LogP contribution is 2.48. The molecule has 3 heterocycles. The summed E-state index contributed by atoms with van der Waals surface area (Å²) in [6, 6.07) is 14.9. The highest BCUT2D eigenvalue weighted by molar-refractivity contribution is 7.09. The van der Waals surface area contributed by atoms with Gasteiger partial charge < -0.3 is 19.7 Å². The summed E-state index contributed by atoms with van der Waals surface area (Å²) >= 11 is 1.61. The maximum absolute atomic E-state index is 13.6. The van der Waals surface area contributed by atoms with Gasteiger partial charge in [-0.2, -0.15) is 0 Å². The Morgan fingerprint density at radius 1 is 1.09 bits per heavy atom. The second-order valence-corrected chi connectivity index (χ2v) is 8.99. The van der Waals surface area contributed by atoms with E-state index in [0.29, 0.717) is 36.6 Å². The highest BCUT2D eigenvalue weighted by Gasteiger charge is 2.46. The summed E-state index contributed by atoms with van der Waals surface area (Å²) in [7, 11) is 3.21. The summed E-state index contributed by atoms with van der Waals surface area (Å²) < 4.78 is 11.0. The van der Waals surface area contributed by atoms with Gasteiger partial charge in [0.15, 0.2) is 11.5 Å². The third kappa shape index (κ3) is 3.33. The van der Waals surface area contributed by atoms with Crippen LogP contribution in [0.1, 0.15) is 43.9 Å². The van der Waals surface area contributed by atoms with E-state index in [2.05, 4.69) is 5.32 Å². The van der Waals surface area contributed by atoms with Gasteiger partial charge in [0.25, 0.3) is 5.91 Å². The largest absolute Gasteiger partial charge is 0.493 e. The quantitative estimate of drug-likeness (QED) is 0.643. The Kier molecular flexibility index (Phi) is 5.35. The van der Waals surface area contributed by atoms with E-state index in [4.69, 9.17) is 9.47 Å². The Labute approximate surface area is 190 Å². The lowest BCUT2D eigenvalue weighted by atomic mass is 9.75. The standard InChI is InChI=1S/C25H24N2O4S/c1-30-20-12-15-9-10-27-23(19(15)13-21(20)31-2)22(17-7-3-4-8-18(17)25(27)29)24(28)26-14-16-6-5-11-32-16/h3-8,11-13,22-23H,9-10,14H2,1-2H3,(H,26,28). The molecule has 2 aromatic carbocycles. The zero-order valence-corrected chi connectivity index (χ0v) is 18.8. The Hall–Kier alpha value is -3.32. The van der Waals surface area contributed by atoms with E-state index < -0.39 is 12.0 Å². The molecule has 0 bridgehead atoms. The van der Waals surface area contributed by atoms with Gasteiger partial charge in [0.05, 0.1) is 32.7 Å². The lowest BCUT2D eigenvalue weighted by Crippen LogP contribution is -2.50. The average Bonchev–Trinajstić information content (AvgIpc) is 3.35. The van der Waals surface area contributed by atoms with Crippen molar-refractivity contribution in [2.45, 2.75) is 24.9 Å². The minimum Gasteiger partial charge on any atom is -0.493 e. The summed E-state index contributed by atoms with van der Waals surface area (Å²) in [4.78, 5) is 29.9. The zero-order chi connectivity index (χ0) is 22.2. The summed E-state index contributed by atoms with van der Waals surface area (Å²) in [6.07, 6.45) is 0.698. The maximum atomic E-state index is 13.6. The molecule has 3 aromatic rings. The minimum atomic E-state index is -0.513. The molecule has 0 saturated carbocycles. The number of amides is 2. The molecule has 2 aliphatic rings. The highest BCUT2D eigenvalue weighted by atomic mass is 32.1. The fourth-order valence-corrected chi connectivity index (χ4v) is 5.48. The van der Waals surface area contributed by atoms with Gasteiger partial charge >= 0.3 is 0 Å². The number of nitrogens with one attached hydrogen (secondary N) is 1. The Morgan fingerprint density at radius 2 is 1.88 bits per heavy atom. The Bertz CT molecular complexity index is 1170. The Balaban J connectivity index is 1.61. The molecule has 0 aliphatic carbocycles. The molecule has 1 N–H and O–H groups in total. The van der Waals surface area contributed by atoms with E-state index in [9.17, 15) is 9.59 Å². The van der Waals surface area contributed by atoms with Crippen LogP contribution in [-0.2, 0) is 17.8 Å². The first-order valence-electron chi connectivity index (χ1n) is 10.6. The summed E-state index contributed by atoms with van der Waals surface area (Å²) in [5, 5.41) is 5.10. The lowest BCUT2D eigenvalue weighted by molar-refractivity contribution is -0.124. The van der Waals surface area contributed by atoms with Crippen molar-refractivity contribution in [3.8, 4) is 11.5 Å². The van der Waals surface area contributed by atoms with Gasteiger partial charge in [-0.25, -0.2) is 0 Å². The number of thiophene rings is 1. The van der Waals surface area contributed by atoms with Gasteiger partial charge in [0.1, 0.15) is 0 Å². The van der Waals surface area contributed by atoms with Crippen LogP contribution in [0.4, 0.5) is 0 Å². The molecule has 2 unspecified atom stereocenters. The van der Waals surface area contributed by atoms with Gasteiger partial charge in [-0.3, -0.25) is 9.59 Å². The number of benzene rings is 2. The van der Waals surface area contributed by atoms with Crippen molar-refractivity contribution < 1.29 is 19.1 Å². The van der Waals surface area contributed by atoms with Crippen LogP contribution in [-0.4, -0.2) is 37.5 Å². The van der Waals surface area contributed by atoms with E-state index in [1.165, 1.54) is 0 Å². The molecule has 0 spiro atoms. The van der Waals surface area contributed by atoms with Crippen molar-refractivity contribution in [2.75, 3.05) is 20.8 Å². The molecule has 1 aromatic heterocycles. The van der Waals surface area contributed by atoms with Gasteiger partial charge in [0.2, 0.25) is 5.91 Å².